The van der Waals surface area contributed by atoms with E-state index >= 15 is 0 Å². The molecule has 0 bridgehead atoms. The number of nitrogens with zero attached hydrogens (tertiary/aromatic N) is 1. The Balaban J connectivity index is 1.81. The number of benzene rings is 2. The zero-order valence-electron chi connectivity index (χ0n) is 13.0. The summed E-state index contributed by atoms with van der Waals surface area (Å²) in [7, 11) is 0. The second kappa shape index (κ2) is 5.90. The van der Waals surface area contributed by atoms with Gasteiger partial charge in [0.1, 0.15) is 0 Å². The molecule has 2 nitrogen and oxygen atoms in total. The van der Waals surface area contributed by atoms with E-state index < -0.39 is 0 Å². The van der Waals surface area contributed by atoms with E-state index in [1.54, 1.807) is 0 Å². The Labute approximate surface area is 127 Å². The van der Waals surface area contributed by atoms with Crippen molar-refractivity contribution in [3.63, 3.8) is 0 Å². The number of hydrogen-bond acceptors (Lipinski definition) is 2. The fourth-order valence-electron chi connectivity index (χ4n) is 3.03. The number of fused-ring (bicyclic) bond motifs is 1. The van der Waals surface area contributed by atoms with Gasteiger partial charge in [-0.25, -0.2) is 0 Å². The van der Waals surface area contributed by atoms with Crippen LogP contribution in [0.2, 0.25) is 0 Å². The lowest BCUT2D eigenvalue weighted by atomic mass is 10.0. The monoisotopic (exact) mass is 280 g/mol. The SMILES string of the molecule is CC1(C)CN(CCc2ccccc2)c2ccccc2CN1. The maximum absolute atomic E-state index is 3.66. The lowest BCUT2D eigenvalue weighted by Crippen LogP contribution is -2.47. The van der Waals surface area contributed by atoms with Crippen LogP contribution in [0, 0.1) is 0 Å². The van der Waals surface area contributed by atoms with Gasteiger partial charge in [0.15, 0.2) is 0 Å². The van der Waals surface area contributed by atoms with Gasteiger partial charge in [-0.05, 0) is 37.5 Å². The van der Waals surface area contributed by atoms with Crippen LogP contribution in [0.3, 0.4) is 0 Å². The van der Waals surface area contributed by atoms with Gasteiger partial charge in [-0.15, -0.1) is 0 Å². The fourth-order valence-corrected chi connectivity index (χ4v) is 3.03. The minimum atomic E-state index is 0.135. The first-order valence-electron chi connectivity index (χ1n) is 7.76. The maximum Gasteiger partial charge on any atom is 0.0412 e. The van der Waals surface area contributed by atoms with Crippen LogP contribution in [0.5, 0.6) is 0 Å². The lowest BCUT2D eigenvalue weighted by molar-refractivity contribution is 0.395. The Kier molecular flexibility index (Phi) is 3.98. The molecule has 0 amide bonds. The highest BCUT2D eigenvalue weighted by Gasteiger charge is 2.26. The van der Waals surface area contributed by atoms with Crippen molar-refractivity contribution in [1.29, 1.82) is 0 Å². The summed E-state index contributed by atoms with van der Waals surface area (Å²) in [6.45, 7) is 7.62. The Morgan fingerprint density at radius 2 is 1.71 bits per heavy atom. The van der Waals surface area contributed by atoms with Gasteiger partial charge >= 0.3 is 0 Å². The first kappa shape index (κ1) is 14.2. The van der Waals surface area contributed by atoms with Crippen molar-refractivity contribution in [2.24, 2.45) is 0 Å². The number of nitrogens with one attached hydrogen (secondary N) is 1. The van der Waals surface area contributed by atoms with E-state index in [1.165, 1.54) is 16.8 Å². The normalized spacial score (nSPS) is 17.1. The average molecular weight is 280 g/mol. The molecule has 0 spiro atoms. The third-order valence-electron chi connectivity index (χ3n) is 4.19. The maximum atomic E-state index is 3.66. The van der Waals surface area contributed by atoms with E-state index in [2.05, 4.69) is 78.7 Å². The number of anilines is 1. The van der Waals surface area contributed by atoms with Gasteiger partial charge in [0.2, 0.25) is 0 Å². The van der Waals surface area contributed by atoms with Crippen molar-refractivity contribution in [2.45, 2.75) is 32.4 Å². The van der Waals surface area contributed by atoms with E-state index in [9.17, 15) is 0 Å². The molecule has 1 aliphatic rings. The van der Waals surface area contributed by atoms with Crippen molar-refractivity contribution < 1.29 is 0 Å². The number of hydrogen-bond donors (Lipinski definition) is 1. The highest BCUT2D eigenvalue weighted by molar-refractivity contribution is 5.55. The van der Waals surface area contributed by atoms with E-state index in [4.69, 9.17) is 0 Å². The summed E-state index contributed by atoms with van der Waals surface area (Å²) in [5.74, 6) is 0. The van der Waals surface area contributed by atoms with Gasteiger partial charge < -0.3 is 10.2 Å². The zero-order valence-corrected chi connectivity index (χ0v) is 13.0. The van der Waals surface area contributed by atoms with Crippen LogP contribution in [0.15, 0.2) is 54.6 Å². The molecule has 0 saturated heterocycles. The van der Waals surface area contributed by atoms with Gasteiger partial charge in [0, 0.05) is 30.9 Å². The minimum absolute atomic E-state index is 0.135. The Bertz CT molecular complexity index is 590. The van der Waals surface area contributed by atoms with E-state index in [0.717, 1.165) is 26.1 Å². The summed E-state index contributed by atoms with van der Waals surface area (Å²) in [6, 6.07) is 19.5. The standard InChI is InChI=1S/C19H24N2/c1-19(2)15-21(13-12-16-8-4-3-5-9-16)18-11-7-6-10-17(18)14-20-19/h3-11,20H,12-15H2,1-2H3. The van der Waals surface area contributed by atoms with Gasteiger partial charge in [-0.2, -0.15) is 0 Å². The second-order valence-electron chi connectivity index (χ2n) is 6.52. The molecule has 0 atom stereocenters. The molecule has 0 radical (unpaired) electrons. The van der Waals surface area contributed by atoms with Gasteiger partial charge in [-0.3, -0.25) is 0 Å². The molecule has 21 heavy (non-hydrogen) atoms. The summed E-state index contributed by atoms with van der Waals surface area (Å²) < 4.78 is 0. The molecule has 2 heteroatoms. The molecular formula is C19H24N2. The second-order valence-corrected chi connectivity index (χ2v) is 6.52. The molecule has 1 aliphatic heterocycles. The number of para-hydroxylation sites is 1. The van der Waals surface area contributed by atoms with Crippen LogP contribution in [-0.4, -0.2) is 18.6 Å². The van der Waals surface area contributed by atoms with Crippen LogP contribution in [0.25, 0.3) is 0 Å². The Hall–Kier alpha value is -1.80. The third-order valence-corrected chi connectivity index (χ3v) is 4.19. The molecule has 2 aromatic carbocycles. The van der Waals surface area contributed by atoms with Gasteiger partial charge in [0.25, 0.3) is 0 Å². The van der Waals surface area contributed by atoms with Gasteiger partial charge in [-0.1, -0.05) is 48.5 Å². The number of rotatable bonds is 3. The average Bonchev–Trinajstić information content (AvgIpc) is 2.63. The molecule has 2 aromatic rings. The van der Waals surface area contributed by atoms with Crippen molar-refractivity contribution in [3.8, 4) is 0 Å². The molecule has 1 heterocycles. The van der Waals surface area contributed by atoms with E-state index in [-0.39, 0.29) is 5.54 Å². The molecule has 3 rings (SSSR count). The Morgan fingerprint density at radius 1 is 1.00 bits per heavy atom. The minimum Gasteiger partial charge on any atom is -0.369 e. The quantitative estimate of drug-likeness (QED) is 0.924. The highest BCUT2D eigenvalue weighted by Crippen LogP contribution is 2.26. The third kappa shape index (κ3) is 3.45. The molecule has 0 saturated carbocycles. The predicted octanol–water partition coefficient (Wildman–Crippen LogP) is 3.62. The molecule has 0 fully saturated rings. The van der Waals surface area contributed by atoms with Crippen LogP contribution in [0.1, 0.15) is 25.0 Å². The lowest BCUT2D eigenvalue weighted by Gasteiger charge is -2.32. The zero-order chi connectivity index (χ0) is 14.7. The molecule has 1 N–H and O–H groups in total. The summed E-state index contributed by atoms with van der Waals surface area (Å²) in [4.78, 5) is 2.53. The van der Waals surface area contributed by atoms with Crippen molar-refractivity contribution in [1.82, 2.24) is 5.32 Å². The molecule has 0 aliphatic carbocycles. The summed E-state index contributed by atoms with van der Waals surface area (Å²) in [5.41, 5.74) is 4.32. The van der Waals surface area contributed by atoms with E-state index in [0.29, 0.717) is 0 Å². The van der Waals surface area contributed by atoms with Crippen molar-refractivity contribution in [3.05, 3.63) is 65.7 Å². The predicted molar refractivity (Wildman–Crippen MR) is 89.7 cm³/mol. The molecular weight excluding hydrogens is 256 g/mol. The summed E-state index contributed by atoms with van der Waals surface area (Å²) in [6.07, 6.45) is 1.09. The topological polar surface area (TPSA) is 15.3 Å². The first-order chi connectivity index (χ1) is 10.1. The van der Waals surface area contributed by atoms with Crippen LogP contribution in [0.4, 0.5) is 5.69 Å². The Morgan fingerprint density at radius 3 is 2.52 bits per heavy atom. The van der Waals surface area contributed by atoms with Crippen molar-refractivity contribution in [2.75, 3.05) is 18.0 Å². The van der Waals surface area contributed by atoms with Crippen LogP contribution in [-0.2, 0) is 13.0 Å². The molecule has 110 valence electrons. The summed E-state index contributed by atoms with van der Waals surface area (Å²) in [5, 5.41) is 3.66. The molecule has 0 aromatic heterocycles. The largest absolute Gasteiger partial charge is 0.369 e. The molecule has 0 unspecified atom stereocenters. The van der Waals surface area contributed by atoms with Crippen molar-refractivity contribution >= 4 is 5.69 Å². The summed E-state index contributed by atoms with van der Waals surface area (Å²) >= 11 is 0. The smallest absolute Gasteiger partial charge is 0.0412 e. The van der Waals surface area contributed by atoms with Gasteiger partial charge in [0.05, 0.1) is 0 Å². The fraction of sp³-hybridized carbons (Fsp3) is 0.368. The van der Waals surface area contributed by atoms with Crippen LogP contribution < -0.4 is 10.2 Å². The van der Waals surface area contributed by atoms with E-state index in [1.807, 2.05) is 0 Å². The highest BCUT2D eigenvalue weighted by atomic mass is 15.2. The van der Waals surface area contributed by atoms with Crippen LogP contribution >= 0.6 is 0 Å². The first-order valence-corrected chi connectivity index (χ1v) is 7.76.